The summed E-state index contributed by atoms with van der Waals surface area (Å²) in [6.07, 6.45) is -2.85. The Labute approximate surface area is 107 Å². The first-order chi connectivity index (χ1) is 8.91. The molecule has 1 unspecified atom stereocenters. The van der Waals surface area contributed by atoms with E-state index in [4.69, 9.17) is 0 Å². The second-order valence-corrected chi connectivity index (χ2v) is 4.44. The van der Waals surface area contributed by atoms with Crippen molar-refractivity contribution in [1.82, 2.24) is 9.97 Å². The van der Waals surface area contributed by atoms with Gasteiger partial charge in [-0.2, -0.15) is 18.2 Å². The Hall–Kier alpha value is -1.60. The van der Waals surface area contributed by atoms with Crippen LogP contribution in [0.5, 0.6) is 0 Å². The molecule has 1 aliphatic heterocycles. The predicted molar refractivity (Wildman–Crippen MR) is 62.5 cm³/mol. The number of aromatic nitrogens is 2. The third-order valence-electron chi connectivity index (χ3n) is 3.13. The van der Waals surface area contributed by atoms with Gasteiger partial charge in [0.05, 0.1) is 12.1 Å². The van der Waals surface area contributed by atoms with E-state index in [9.17, 15) is 17.6 Å². The number of hydrogen-bond acceptors (Lipinski definition) is 4. The van der Waals surface area contributed by atoms with Crippen molar-refractivity contribution in [3.63, 3.8) is 0 Å². The summed E-state index contributed by atoms with van der Waals surface area (Å²) >= 11 is 0. The van der Waals surface area contributed by atoms with Crippen molar-refractivity contribution in [2.24, 2.45) is 5.92 Å². The highest BCUT2D eigenvalue weighted by molar-refractivity contribution is 5.44. The molecule has 4 nitrogen and oxygen atoms in total. The Morgan fingerprint density at radius 1 is 1.42 bits per heavy atom. The molecule has 19 heavy (non-hydrogen) atoms. The van der Waals surface area contributed by atoms with Crippen LogP contribution in [0.15, 0.2) is 6.20 Å². The predicted octanol–water partition coefficient (Wildman–Crippen LogP) is 2.44. The van der Waals surface area contributed by atoms with Gasteiger partial charge in [0.1, 0.15) is 0 Å². The molecule has 0 spiro atoms. The molecule has 8 heteroatoms. The molecule has 1 aromatic heterocycles. The molecule has 2 heterocycles. The second kappa shape index (κ2) is 5.18. The van der Waals surface area contributed by atoms with E-state index in [-0.39, 0.29) is 24.7 Å². The molecule has 1 fully saturated rings. The molecular weight excluding hydrogens is 264 g/mol. The molecular formula is C11H14F4N4. The van der Waals surface area contributed by atoms with Crippen molar-refractivity contribution in [2.75, 3.05) is 30.4 Å². The first-order valence-corrected chi connectivity index (χ1v) is 5.93. The third-order valence-corrected chi connectivity index (χ3v) is 3.13. The maximum Gasteiger partial charge on any atom is 0.393 e. The van der Waals surface area contributed by atoms with Gasteiger partial charge in [0.25, 0.3) is 0 Å². The van der Waals surface area contributed by atoms with Crippen LogP contribution < -0.4 is 10.2 Å². The number of halogens is 4. The average Bonchev–Trinajstić information content (AvgIpc) is 2.38. The smallest absolute Gasteiger partial charge is 0.357 e. The normalized spacial score (nSPS) is 20.5. The Balaban J connectivity index is 2.21. The van der Waals surface area contributed by atoms with E-state index in [1.807, 2.05) is 0 Å². The van der Waals surface area contributed by atoms with E-state index in [1.165, 1.54) is 4.90 Å². The van der Waals surface area contributed by atoms with E-state index < -0.39 is 17.9 Å². The molecule has 106 valence electrons. The van der Waals surface area contributed by atoms with E-state index in [1.54, 1.807) is 7.05 Å². The van der Waals surface area contributed by atoms with Gasteiger partial charge in [-0.15, -0.1) is 0 Å². The number of piperidine rings is 1. The van der Waals surface area contributed by atoms with Gasteiger partial charge < -0.3 is 10.2 Å². The van der Waals surface area contributed by atoms with E-state index in [0.29, 0.717) is 13.0 Å². The molecule has 0 aromatic carbocycles. The van der Waals surface area contributed by atoms with Crippen molar-refractivity contribution in [1.29, 1.82) is 0 Å². The maximum atomic E-state index is 13.6. The van der Waals surface area contributed by atoms with Crippen LogP contribution in [-0.4, -0.2) is 36.3 Å². The quantitative estimate of drug-likeness (QED) is 0.844. The molecule has 1 aliphatic rings. The average molecular weight is 278 g/mol. The highest BCUT2D eigenvalue weighted by atomic mass is 19.4. The van der Waals surface area contributed by atoms with E-state index >= 15 is 0 Å². The molecule has 1 N–H and O–H groups in total. The second-order valence-electron chi connectivity index (χ2n) is 4.44. The van der Waals surface area contributed by atoms with Crippen molar-refractivity contribution in [2.45, 2.75) is 19.0 Å². The number of rotatable bonds is 2. The lowest BCUT2D eigenvalue weighted by molar-refractivity contribution is -0.176. The molecule has 1 saturated heterocycles. The maximum absolute atomic E-state index is 13.6. The van der Waals surface area contributed by atoms with Gasteiger partial charge in [0, 0.05) is 20.1 Å². The van der Waals surface area contributed by atoms with Gasteiger partial charge in [0.15, 0.2) is 11.6 Å². The minimum atomic E-state index is -4.26. The third kappa shape index (κ3) is 3.05. The highest BCUT2D eigenvalue weighted by Crippen LogP contribution is 2.34. The molecule has 1 atom stereocenters. The van der Waals surface area contributed by atoms with Crippen molar-refractivity contribution in [3.05, 3.63) is 12.0 Å². The Morgan fingerprint density at radius 3 is 2.79 bits per heavy atom. The van der Waals surface area contributed by atoms with Gasteiger partial charge in [-0.3, -0.25) is 0 Å². The van der Waals surface area contributed by atoms with Crippen LogP contribution in [0.1, 0.15) is 12.8 Å². The Bertz CT molecular complexity index is 449. The van der Waals surface area contributed by atoms with Gasteiger partial charge in [-0.25, -0.2) is 9.37 Å². The monoisotopic (exact) mass is 278 g/mol. The summed E-state index contributed by atoms with van der Waals surface area (Å²) < 4.78 is 51.8. The summed E-state index contributed by atoms with van der Waals surface area (Å²) in [4.78, 5) is 8.90. The van der Waals surface area contributed by atoms with E-state index in [0.717, 1.165) is 6.20 Å². The SMILES string of the molecule is CNc1ncc(F)c(N2CCCC(C(F)(F)F)C2)n1. The minimum absolute atomic E-state index is 0.0750. The molecule has 2 rings (SSSR count). The number of hydrogen-bond donors (Lipinski definition) is 1. The van der Waals surface area contributed by atoms with Crippen molar-refractivity contribution < 1.29 is 17.6 Å². The summed E-state index contributed by atoms with van der Waals surface area (Å²) in [5.74, 6) is -2.03. The van der Waals surface area contributed by atoms with Gasteiger partial charge >= 0.3 is 6.18 Å². The zero-order valence-corrected chi connectivity index (χ0v) is 10.3. The zero-order valence-electron chi connectivity index (χ0n) is 10.3. The number of anilines is 2. The molecule has 0 radical (unpaired) electrons. The standard InChI is InChI=1S/C11H14F4N4/c1-16-10-17-5-8(12)9(18-10)19-4-2-3-7(6-19)11(13,14)15/h5,7H,2-4,6H2,1H3,(H,16,17,18). The summed E-state index contributed by atoms with van der Waals surface area (Å²) in [6, 6.07) is 0. The number of nitrogens with zero attached hydrogens (tertiary/aromatic N) is 3. The Kier molecular flexibility index (Phi) is 3.77. The fourth-order valence-corrected chi connectivity index (χ4v) is 2.14. The lowest BCUT2D eigenvalue weighted by Gasteiger charge is -2.34. The van der Waals surface area contributed by atoms with Gasteiger partial charge in [0.2, 0.25) is 5.95 Å². The van der Waals surface area contributed by atoms with Crippen molar-refractivity contribution in [3.8, 4) is 0 Å². The number of alkyl halides is 3. The van der Waals surface area contributed by atoms with Crippen LogP contribution in [-0.2, 0) is 0 Å². The molecule has 0 aliphatic carbocycles. The van der Waals surface area contributed by atoms with E-state index in [2.05, 4.69) is 15.3 Å². The van der Waals surface area contributed by atoms with Crippen LogP contribution >= 0.6 is 0 Å². The largest absolute Gasteiger partial charge is 0.393 e. The summed E-state index contributed by atoms with van der Waals surface area (Å²) in [5.41, 5.74) is 0. The Morgan fingerprint density at radius 2 is 2.16 bits per heavy atom. The van der Waals surface area contributed by atoms with Crippen LogP contribution in [0.3, 0.4) is 0 Å². The van der Waals surface area contributed by atoms with Crippen LogP contribution in [0.25, 0.3) is 0 Å². The number of nitrogens with one attached hydrogen (secondary N) is 1. The fourth-order valence-electron chi connectivity index (χ4n) is 2.14. The first-order valence-electron chi connectivity index (χ1n) is 5.93. The highest BCUT2D eigenvalue weighted by Gasteiger charge is 2.42. The first kappa shape index (κ1) is 13.8. The zero-order chi connectivity index (χ0) is 14.0. The summed E-state index contributed by atoms with van der Waals surface area (Å²) in [6.45, 7) is 0.101. The van der Waals surface area contributed by atoms with Gasteiger partial charge in [-0.1, -0.05) is 0 Å². The topological polar surface area (TPSA) is 41.1 Å². The minimum Gasteiger partial charge on any atom is -0.357 e. The lowest BCUT2D eigenvalue weighted by atomic mass is 9.97. The molecule has 0 amide bonds. The molecule has 0 saturated carbocycles. The molecule has 0 bridgehead atoms. The van der Waals surface area contributed by atoms with Crippen LogP contribution in [0.4, 0.5) is 29.3 Å². The van der Waals surface area contributed by atoms with Crippen LogP contribution in [0.2, 0.25) is 0 Å². The van der Waals surface area contributed by atoms with Gasteiger partial charge in [-0.05, 0) is 12.8 Å². The summed E-state index contributed by atoms with van der Waals surface area (Å²) in [7, 11) is 1.56. The van der Waals surface area contributed by atoms with Crippen LogP contribution in [0, 0.1) is 11.7 Å². The summed E-state index contributed by atoms with van der Waals surface area (Å²) in [5, 5.41) is 2.64. The lowest BCUT2D eigenvalue weighted by Crippen LogP contribution is -2.42. The molecule has 1 aromatic rings. The van der Waals surface area contributed by atoms with Crippen molar-refractivity contribution >= 4 is 11.8 Å². The fraction of sp³-hybridized carbons (Fsp3) is 0.636.